The molecule has 2 rings (SSSR count). The Morgan fingerprint density at radius 2 is 1.87 bits per heavy atom. The lowest BCUT2D eigenvalue weighted by Gasteiger charge is -2.12. The van der Waals surface area contributed by atoms with E-state index >= 15 is 0 Å². The maximum absolute atomic E-state index is 9.77. The van der Waals surface area contributed by atoms with Crippen molar-refractivity contribution in [3.05, 3.63) is 28.0 Å². The lowest BCUT2D eigenvalue weighted by Crippen LogP contribution is -2.17. The molecule has 0 aliphatic carbocycles. The first-order valence-corrected chi connectivity index (χ1v) is 5.21. The summed E-state index contributed by atoms with van der Waals surface area (Å²) in [6.07, 6.45) is 0. The van der Waals surface area contributed by atoms with Crippen LogP contribution in [0.25, 0.3) is 11.0 Å². The highest BCUT2D eigenvalue weighted by Gasteiger charge is 2.20. The predicted molar refractivity (Wildman–Crippen MR) is 61.4 cm³/mol. The molecule has 0 unspecified atom stereocenters. The van der Waals surface area contributed by atoms with E-state index in [9.17, 15) is 5.11 Å². The predicted octanol–water partition coefficient (Wildman–Crippen LogP) is 3.10. The highest BCUT2D eigenvalue weighted by atomic mass is 35.5. The molecule has 5 heteroatoms. The lowest BCUT2D eigenvalue weighted by molar-refractivity contribution is 0.0700. The van der Waals surface area contributed by atoms with Gasteiger partial charge in [-0.25, -0.2) is 4.98 Å². The summed E-state index contributed by atoms with van der Waals surface area (Å²) < 4.78 is 0. The number of hydrogen-bond acceptors (Lipinski definition) is 2. The number of aromatic amines is 1. The third-order valence-electron chi connectivity index (χ3n) is 2.10. The van der Waals surface area contributed by atoms with Gasteiger partial charge in [-0.05, 0) is 26.0 Å². The molecule has 2 aromatic rings. The Morgan fingerprint density at radius 3 is 2.47 bits per heavy atom. The second kappa shape index (κ2) is 3.37. The van der Waals surface area contributed by atoms with E-state index in [-0.39, 0.29) is 0 Å². The van der Waals surface area contributed by atoms with Crippen molar-refractivity contribution in [3.8, 4) is 0 Å². The molecule has 0 spiro atoms. The highest BCUT2D eigenvalue weighted by Crippen LogP contribution is 2.28. The molecule has 0 saturated carbocycles. The van der Waals surface area contributed by atoms with Crippen molar-refractivity contribution in [1.29, 1.82) is 0 Å². The number of fused-ring (bicyclic) bond motifs is 1. The maximum atomic E-state index is 9.77. The topological polar surface area (TPSA) is 48.9 Å². The molecule has 0 bridgehead atoms. The number of imidazole rings is 1. The van der Waals surface area contributed by atoms with E-state index in [4.69, 9.17) is 23.2 Å². The van der Waals surface area contributed by atoms with Crippen LogP contribution in [0.5, 0.6) is 0 Å². The standard InChI is InChI=1S/C10H10Cl2N2O/c1-10(2,15)9-13-7-3-5(11)6(12)4-8(7)14-9/h3-4,15H,1-2H3,(H,13,14). The van der Waals surface area contributed by atoms with Gasteiger partial charge in [0.15, 0.2) is 0 Å². The van der Waals surface area contributed by atoms with Gasteiger partial charge in [0, 0.05) is 0 Å². The molecule has 0 amide bonds. The van der Waals surface area contributed by atoms with E-state index in [0.29, 0.717) is 21.4 Å². The Balaban J connectivity index is 2.66. The molecule has 1 aromatic heterocycles. The van der Waals surface area contributed by atoms with Crippen LogP contribution in [0.1, 0.15) is 19.7 Å². The van der Waals surface area contributed by atoms with Crippen LogP contribution >= 0.6 is 23.2 Å². The third kappa shape index (κ3) is 1.95. The minimum atomic E-state index is -1.00. The number of nitrogens with zero attached hydrogens (tertiary/aromatic N) is 1. The average molecular weight is 245 g/mol. The molecule has 15 heavy (non-hydrogen) atoms. The van der Waals surface area contributed by atoms with Gasteiger partial charge in [0.2, 0.25) is 0 Å². The molecule has 2 N–H and O–H groups in total. The Hall–Kier alpha value is -0.770. The Bertz CT molecular complexity index is 475. The number of halogens is 2. The monoisotopic (exact) mass is 244 g/mol. The van der Waals surface area contributed by atoms with E-state index in [1.54, 1.807) is 26.0 Å². The number of nitrogens with one attached hydrogen (secondary N) is 1. The van der Waals surface area contributed by atoms with Crippen molar-refractivity contribution in [2.45, 2.75) is 19.4 Å². The van der Waals surface area contributed by atoms with E-state index < -0.39 is 5.60 Å². The average Bonchev–Trinajstić information content (AvgIpc) is 2.47. The summed E-state index contributed by atoms with van der Waals surface area (Å²) in [5.74, 6) is 0.496. The van der Waals surface area contributed by atoms with Crippen molar-refractivity contribution in [2.75, 3.05) is 0 Å². The first-order chi connectivity index (χ1) is 6.88. The van der Waals surface area contributed by atoms with Gasteiger partial charge in [0.1, 0.15) is 11.4 Å². The number of H-pyrrole nitrogens is 1. The van der Waals surface area contributed by atoms with Crippen molar-refractivity contribution < 1.29 is 5.11 Å². The number of rotatable bonds is 1. The maximum Gasteiger partial charge on any atom is 0.138 e. The molecule has 0 saturated heterocycles. The van der Waals surface area contributed by atoms with Crippen LogP contribution in [0.15, 0.2) is 12.1 Å². The van der Waals surface area contributed by atoms with Crippen molar-refractivity contribution in [2.24, 2.45) is 0 Å². The van der Waals surface area contributed by atoms with Crippen LogP contribution in [0.3, 0.4) is 0 Å². The van der Waals surface area contributed by atoms with Crippen molar-refractivity contribution in [1.82, 2.24) is 9.97 Å². The summed E-state index contributed by atoms with van der Waals surface area (Å²) in [6.45, 7) is 3.32. The van der Waals surface area contributed by atoms with Gasteiger partial charge in [0.05, 0.1) is 21.1 Å². The van der Waals surface area contributed by atoms with Crippen LogP contribution in [-0.4, -0.2) is 15.1 Å². The second-order valence-electron chi connectivity index (χ2n) is 3.93. The van der Waals surface area contributed by atoms with Gasteiger partial charge < -0.3 is 10.1 Å². The van der Waals surface area contributed by atoms with Crippen LogP contribution in [0.2, 0.25) is 10.0 Å². The SMILES string of the molecule is CC(C)(O)c1nc2cc(Cl)c(Cl)cc2[nH]1. The minimum absolute atomic E-state index is 0.456. The first kappa shape index (κ1) is 10.7. The van der Waals surface area contributed by atoms with Gasteiger partial charge in [-0.1, -0.05) is 23.2 Å². The summed E-state index contributed by atoms with van der Waals surface area (Å²) in [7, 11) is 0. The van der Waals surface area contributed by atoms with Crippen molar-refractivity contribution in [3.63, 3.8) is 0 Å². The Morgan fingerprint density at radius 1 is 1.27 bits per heavy atom. The molecule has 80 valence electrons. The Kier molecular flexibility index (Phi) is 2.41. The molecule has 0 atom stereocenters. The molecule has 1 heterocycles. The largest absolute Gasteiger partial charge is 0.383 e. The van der Waals surface area contributed by atoms with Gasteiger partial charge >= 0.3 is 0 Å². The smallest absolute Gasteiger partial charge is 0.138 e. The number of aliphatic hydroxyl groups is 1. The van der Waals surface area contributed by atoms with Gasteiger partial charge in [-0.3, -0.25) is 0 Å². The summed E-state index contributed by atoms with van der Waals surface area (Å²) in [5.41, 5.74) is 0.459. The number of benzene rings is 1. The number of aromatic nitrogens is 2. The van der Waals surface area contributed by atoms with E-state index in [2.05, 4.69) is 9.97 Å². The molecule has 0 radical (unpaired) electrons. The summed E-state index contributed by atoms with van der Waals surface area (Å²) in [6, 6.07) is 3.37. The molecule has 3 nitrogen and oxygen atoms in total. The zero-order valence-electron chi connectivity index (χ0n) is 8.31. The fraction of sp³-hybridized carbons (Fsp3) is 0.300. The molecule has 0 fully saturated rings. The lowest BCUT2D eigenvalue weighted by atomic mass is 10.1. The molecular weight excluding hydrogens is 235 g/mol. The van der Waals surface area contributed by atoms with E-state index in [1.165, 1.54) is 0 Å². The van der Waals surface area contributed by atoms with E-state index in [0.717, 1.165) is 5.52 Å². The summed E-state index contributed by atoms with van der Waals surface area (Å²) >= 11 is 11.7. The van der Waals surface area contributed by atoms with Crippen LogP contribution in [0, 0.1) is 0 Å². The molecule has 1 aromatic carbocycles. The quantitative estimate of drug-likeness (QED) is 0.810. The minimum Gasteiger partial charge on any atom is -0.383 e. The Labute approximate surface area is 97.0 Å². The summed E-state index contributed by atoms with van der Waals surface area (Å²) in [4.78, 5) is 7.24. The molecule has 0 aliphatic heterocycles. The van der Waals surface area contributed by atoms with Gasteiger partial charge in [0.25, 0.3) is 0 Å². The fourth-order valence-corrected chi connectivity index (χ4v) is 1.62. The van der Waals surface area contributed by atoms with Crippen LogP contribution in [0.4, 0.5) is 0 Å². The van der Waals surface area contributed by atoms with Crippen LogP contribution < -0.4 is 0 Å². The third-order valence-corrected chi connectivity index (χ3v) is 2.83. The van der Waals surface area contributed by atoms with E-state index in [1.807, 2.05) is 0 Å². The fourth-order valence-electron chi connectivity index (χ4n) is 1.29. The van der Waals surface area contributed by atoms with Crippen LogP contribution in [-0.2, 0) is 5.60 Å². The first-order valence-electron chi connectivity index (χ1n) is 4.45. The zero-order valence-corrected chi connectivity index (χ0v) is 9.82. The second-order valence-corrected chi connectivity index (χ2v) is 4.74. The van der Waals surface area contributed by atoms with Crippen molar-refractivity contribution >= 4 is 34.2 Å². The van der Waals surface area contributed by atoms with Gasteiger partial charge in [-0.15, -0.1) is 0 Å². The molecule has 0 aliphatic rings. The normalized spacial score (nSPS) is 12.3. The molecular formula is C10H10Cl2N2O. The van der Waals surface area contributed by atoms with Gasteiger partial charge in [-0.2, -0.15) is 0 Å². The summed E-state index contributed by atoms with van der Waals surface area (Å²) in [5, 5.41) is 10.7. The zero-order chi connectivity index (χ0) is 11.2. The number of hydrogen-bond donors (Lipinski definition) is 2. The highest BCUT2D eigenvalue weighted by molar-refractivity contribution is 6.42.